The molecule has 76 valence electrons. The maximum Gasteiger partial charge on any atom is 0.265 e. The first-order valence-corrected chi connectivity index (χ1v) is 7.24. The highest BCUT2D eigenvalue weighted by Gasteiger charge is 2.10. The third kappa shape index (κ3) is 2.40. The predicted molar refractivity (Wildman–Crippen MR) is 59.9 cm³/mol. The molecule has 0 bridgehead atoms. The van der Waals surface area contributed by atoms with Gasteiger partial charge in [0.15, 0.2) is 8.77 Å². The zero-order chi connectivity index (χ0) is 10.9. The van der Waals surface area contributed by atoms with Crippen LogP contribution in [0.25, 0.3) is 0 Å². The second-order valence-corrected chi connectivity index (χ2v) is 6.54. The van der Waals surface area contributed by atoms with Crippen molar-refractivity contribution in [3.05, 3.63) is 23.3 Å². The minimum atomic E-state index is -3.35. The average molecular weight is 246 g/mol. The van der Waals surface area contributed by atoms with Gasteiger partial charge in [0.2, 0.25) is 0 Å². The van der Waals surface area contributed by atoms with E-state index in [9.17, 15) is 8.76 Å². The summed E-state index contributed by atoms with van der Waals surface area (Å²) in [5, 5.41) is 0.673. The SMILES string of the molecule is Cc1cc(S(=O)(O)=S)cc([Si]O)c1C. The van der Waals surface area contributed by atoms with Gasteiger partial charge in [-0.3, -0.25) is 0 Å². The molecule has 0 aliphatic heterocycles. The van der Waals surface area contributed by atoms with Crippen molar-refractivity contribution < 1.29 is 13.6 Å². The number of hydrogen-bond acceptors (Lipinski definition) is 3. The molecule has 6 heteroatoms. The van der Waals surface area contributed by atoms with Crippen molar-refractivity contribution in [3.8, 4) is 0 Å². The first-order chi connectivity index (χ1) is 6.36. The van der Waals surface area contributed by atoms with Crippen LogP contribution in [0.15, 0.2) is 17.0 Å². The Morgan fingerprint density at radius 2 is 2.00 bits per heavy atom. The summed E-state index contributed by atoms with van der Waals surface area (Å²) in [6.45, 7) is 3.68. The van der Waals surface area contributed by atoms with E-state index in [1.165, 1.54) is 6.07 Å². The molecule has 2 radical (unpaired) electrons. The van der Waals surface area contributed by atoms with Crippen LogP contribution >= 0.6 is 0 Å². The van der Waals surface area contributed by atoms with Crippen molar-refractivity contribution in [2.75, 3.05) is 0 Å². The maximum absolute atomic E-state index is 11.2. The molecule has 0 saturated heterocycles. The van der Waals surface area contributed by atoms with Crippen molar-refractivity contribution in [3.63, 3.8) is 0 Å². The first kappa shape index (κ1) is 11.8. The normalized spacial score (nSPS) is 15.1. The smallest absolute Gasteiger partial charge is 0.265 e. The van der Waals surface area contributed by atoms with Crippen LogP contribution in [-0.2, 0) is 20.0 Å². The summed E-state index contributed by atoms with van der Waals surface area (Å²) < 4.78 is 20.4. The lowest BCUT2D eigenvalue weighted by Crippen LogP contribution is -2.20. The van der Waals surface area contributed by atoms with Gasteiger partial charge in [0, 0.05) is 11.2 Å². The van der Waals surface area contributed by atoms with Gasteiger partial charge < -0.3 is 9.35 Å². The summed E-state index contributed by atoms with van der Waals surface area (Å²) in [4.78, 5) is 9.25. The van der Waals surface area contributed by atoms with Crippen LogP contribution in [-0.4, -0.2) is 23.3 Å². The Balaban J connectivity index is 3.46. The number of aryl methyl sites for hydroxylation is 1. The molecule has 1 aromatic rings. The topological polar surface area (TPSA) is 57.5 Å². The summed E-state index contributed by atoms with van der Waals surface area (Å²) in [5.74, 6) is 0. The minimum absolute atomic E-state index is 0.201. The van der Waals surface area contributed by atoms with Gasteiger partial charge in [0.05, 0.1) is 4.90 Å². The van der Waals surface area contributed by atoms with E-state index < -0.39 is 8.77 Å². The van der Waals surface area contributed by atoms with Crippen LogP contribution in [0.2, 0.25) is 0 Å². The molecule has 2 N–H and O–H groups in total. The Bertz CT molecular complexity index is 454. The molecule has 1 unspecified atom stereocenters. The summed E-state index contributed by atoms with van der Waals surface area (Å²) in [6.07, 6.45) is 0. The van der Waals surface area contributed by atoms with Crippen LogP contribution in [0.3, 0.4) is 0 Å². The van der Waals surface area contributed by atoms with Crippen LogP contribution in [0, 0.1) is 13.8 Å². The number of rotatable bonds is 2. The Hall–Kier alpha value is -0.273. The van der Waals surface area contributed by atoms with Crippen LogP contribution in [0.1, 0.15) is 11.1 Å². The standard InChI is InChI=1S/C8H10O3S2Si/c1-5-3-7(13(9,10)12)4-8(14-11)6(5)2/h3-4,11H,1-2H3,(H,9,10,12). The summed E-state index contributed by atoms with van der Waals surface area (Å²) in [5.41, 5.74) is 1.80. The van der Waals surface area contributed by atoms with Gasteiger partial charge in [-0.15, -0.1) is 0 Å². The van der Waals surface area contributed by atoms with Crippen molar-refractivity contribution in [1.82, 2.24) is 0 Å². The lowest BCUT2D eigenvalue weighted by atomic mass is 10.1. The van der Waals surface area contributed by atoms with Gasteiger partial charge in [-0.2, -0.15) is 0 Å². The Morgan fingerprint density at radius 3 is 2.43 bits per heavy atom. The fraction of sp³-hybridized carbons (Fsp3) is 0.250. The van der Waals surface area contributed by atoms with Crippen molar-refractivity contribution in [1.29, 1.82) is 0 Å². The van der Waals surface area contributed by atoms with E-state index in [-0.39, 0.29) is 14.7 Å². The molecule has 1 aromatic carbocycles. The fourth-order valence-corrected chi connectivity index (χ4v) is 2.66. The monoisotopic (exact) mass is 246 g/mol. The molecule has 3 nitrogen and oxygen atoms in total. The maximum atomic E-state index is 11.2. The molecular weight excluding hydrogens is 236 g/mol. The third-order valence-electron chi connectivity index (χ3n) is 2.06. The predicted octanol–water partition coefficient (Wildman–Crippen LogP) is 0.118. The highest BCUT2D eigenvalue weighted by molar-refractivity contribution is 8.29. The number of benzene rings is 1. The van der Waals surface area contributed by atoms with E-state index >= 15 is 0 Å². The highest BCUT2D eigenvalue weighted by atomic mass is 32.8. The second-order valence-electron chi connectivity index (χ2n) is 3.00. The Labute approximate surface area is 90.6 Å². The van der Waals surface area contributed by atoms with Crippen molar-refractivity contribution >= 4 is 34.9 Å². The Kier molecular flexibility index (Phi) is 3.43. The van der Waals surface area contributed by atoms with Gasteiger partial charge in [0.25, 0.3) is 9.76 Å². The summed E-state index contributed by atoms with van der Waals surface area (Å²) in [7, 11) is -3.73. The Morgan fingerprint density at radius 1 is 1.43 bits per heavy atom. The van der Waals surface area contributed by atoms with Crippen LogP contribution < -0.4 is 5.19 Å². The van der Waals surface area contributed by atoms with Gasteiger partial charge in [0.1, 0.15) is 0 Å². The quantitative estimate of drug-likeness (QED) is 0.728. The first-order valence-electron chi connectivity index (χ1n) is 3.85. The molecule has 0 amide bonds. The molecule has 0 saturated carbocycles. The van der Waals surface area contributed by atoms with Crippen LogP contribution in [0.4, 0.5) is 0 Å². The molecule has 0 aromatic heterocycles. The summed E-state index contributed by atoms with van der Waals surface area (Å²) >= 11 is 4.47. The van der Waals surface area contributed by atoms with Gasteiger partial charge in [-0.1, -0.05) is 0 Å². The fourth-order valence-electron chi connectivity index (χ4n) is 1.09. The zero-order valence-electron chi connectivity index (χ0n) is 7.77. The number of hydrogen-bond donors (Lipinski definition) is 2. The highest BCUT2D eigenvalue weighted by Crippen LogP contribution is 2.12. The van der Waals surface area contributed by atoms with Gasteiger partial charge >= 0.3 is 0 Å². The van der Waals surface area contributed by atoms with Crippen molar-refractivity contribution in [2.45, 2.75) is 18.7 Å². The van der Waals surface area contributed by atoms with Crippen molar-refractivity contribution in [2.24, 2.45) is 0 Å². The molecule has 0 aliphatic rings. The van der Waals surface area contributed by atoms with E-state index in [1.54, 1.807) is 6.07 Å². The molecule has 1 atom stereocenters. The molecule has 0 spiro atoms. The lowest BCUT2D eigenvalue weighted by Gasteiger charge is -2.08. The van der Waals surface area contributed by atoms with E-state index in [0.29, 0.717) is 5.19 Å². The largest absolute Gasteiger partial charge is 0.428 e. The third-order valence-corrected chi connectivity index (χ3v) is 4.23. The molecule has 1 rings (SSSR count). The zero-order valence-corrected chi connectivity index (χ0v) is 10.4. The average Bonchev–Trinajstić information content (AvgIpc) is 2.07. The second kappa shape index (κ2) is 4.07. The van der Waals surface area contributed by atoms with Gasteiger partial charge in [-0.05, 0) is 42.3 Å². The van der Waals surface area contributed by atoms with Crippen LogP contribution in [0.5, 0.6) is 0 Å². The lowest BCUT2D eigenvalue weighted by molar-refractivity contribution is 0.561. The van der Waals surface area contributed by atoms with Gasteiger partial charge in [-0.25, -0.2) is 4.21 Å². The van der Waals surface area contributed by atoms with E-state index in [2.05, 4.69) is 11.2 Å². The molecule has 0 aliphatic carbocycles. The molecule has 14 heavy (non-hydrogen) atoms. The van der Waals surface area contributed by atoms with E-state index in [0.717, 1.165) is 11.1 Å². The molecule has 0 heterocycles. The summed E-state index contributed by atoms with van der Waals surface area (Å²) in [6, 6.07) is 3.09. The molecular formula is C8H10O3S2Si. The molecule has 0 fully saturated rings. The minimum Gasteiger partial charge on any atom is -0.428 e. The van der Waals surface area contributed by atoms with E-state index in [4.69, 9.17) is 4.80 Å². The van der Waals surface area contributed by atoms with E-state index in [1.807, 2.05) is 13.8 Å².